The molecule has 4 atom stereocenters. The fraction of sp³-hybridized carbons (Fsp3) is 0.917. The van der Waals surface area contributed by atoms with Crippen molar-refractivity contribution in [3.05, 3.63) is 0 Å². The van der Waals surface area contributed by atoms with Crippen molar-refractivity contribution < 1.29 is 9.53 Å². The molecule has 2 aliphatic rings. The van der Waals surface area contributed by atoms with Crippen molar-refractivity contribution in [3.8, 4) is 0 Å². The average molecular weight is 275 g/mol. The monoisotopic (exact) mass is 274 g/mol. The second kappa shape index (κ2) is 4.86. The third kappa shape index (κ3) is 2.22. The van der Waals surface area contributed by atoms with E-state index in [1.807, 2.05) is 0 Å². The number of methoxy groups -OCH3 is 1. The quantitative estimate of drug-likeness (QED) is 0.543. The molecule has 0 bridgehead atoms. The van der Waals surface area contributed by atoms with Crippen LogP contribution in [0.4, 0.5) is 0 Å². The first kappa shape index (κ1) is 11.4. The van der Waals surface area contributed by atoms with E-state index in [1.165, 1.54) is 39.2 Å². The van der Waals surface area contributed by atoms with Gasteiger partial charge in [0.15, 0.2) is 0 Å². The van der Waals surface area contributed by atoms with Crippen molar-refractivity contribution in [1.82, 2.24) is 0 Å². The van der Waals surface area contributed by atoms with Gasteiger partial charge in [-0.2, -0.15) is 0 Å². The van der Waals surface area contributed by atoms with E-state index >= 15 is 0 Å². The molecule has 0 N–H and O–H groups in total. The number of carbonyl (C=O) groups is 1. The van der Waals surface area contributed by atoms with Crippen LogP contribution < -0.4 is 0 Å². The minimum Gasteiger partial charge on any atom is -0.469 e. The van der Waals surface area contributed by atoms with E-state index in [2.05, 4.69) is 15.9 Å². The molecule has 2 aliphatic carbocycles. The lowest BCUT2D eigenvalue weighted by atomic mass is 9.67. The zero-order chi connectivity index (χ0) is 10.8. The van der Waals surface area contributed by atoms with Gasteiger partial charge in [0.1, 0.15) is 0 Å². The summed E-state index contributed by atoms with van der Waals surface area (Å²) in [5, 5.41) is 0. The number of hydrogen-bond donors (Lipinski definition) is 0. The molecule has 86 valence electrons. The number of halogens is 1. The van der Waals surface area contributed by atoms with Crippen LogP contribution in [0.3, 0.4) is 0 Å². The summed E-state index contributed by atoms with van der Waals surface area (Å²) in [4.78, 5) is 12.0. The summed E-state index contributed by atoms with van der Waals surface area (Å²) in [6.45, 7) is 0. The van der Waals surface area contributed by atoms with E-state index in [1.54, 1.807) is 0 Å². The zero-order valence-corrected chi connectivity index (χ0v) is 10.8. The van der Waals surface area contributed by atoms with E-state index in [4.69, 9.17) is 4.74 Å². The number of fused-ring (bicyclic) bond motifs is 1. The molecule has 0 unspecified atom stereocenters. The van der Waals surface area contributed by atoms with E-state index in [-0.39, 0.29) is 11.9 Å². The molecule has 0 amide bonds. The lowest BCUT2D eigenvalue weighted by molar-refractivity contribution is -0.147. The summed E-state index contributed by atoms with van der Waals surface area (Å²) in [6.07, 6.45) is 7.58. The van der Waals surface area contributed by atoms with Gasteiger partial charge in [-0.1, -0.05) is 35.2 Å². The number of carbonyl (C=O) groups excluding carboxylic acids is 1. The molecule has 0 aromatic rings. The van der Waals surface area contributed by atoms with Gasteiger partial charge in [-0.3, -0.25) is 4.79 Å². The van der Waals surface area contributed by atoms with Crippen LogP contribution in [0.15, 0.2) is 0 Å². The predicted octanol–water partition coefficient (Wildman–Crippen LogP) is 3.14. The molecule has 15 heavy (non-hydrogen) atoms. The van der Waals surface area contributed by atoms with Crippen molar-refractivity contribution in [2.24, 2.45) is 17.8 Å². The molecule has 0 heterocycles. The minimum atomic E-state index is -0.0269. The molecule has 0 aromatic heterocycles. The maximum absolute atomic E-state index is 11.6. The first-order valence-corrected chi connectivity index (χ1v) is 6.87. The van der Waals surface area contributed by atoms with Gasteiger partial charge in [0, 0.05) is 4.83 Å². The van der Waals surface area contributed by atoms with Gasteiger partial charge in [0.25, 0.3) is 0 Å². The van der Waals surface area contributed by atoms with Crippen molar-refractivity contribution in [1.29, 1.82) is 0 Å². The number of ether oxygens (including phenoxy) is 1. The normalized spacial score (nSPS) is 40.7. The Kier molecular flexibility index (Phi) is 3.70. The third-order valence-corrected chi connectivity index (χ3v) is 5.43. The maximum atomic E-state index is 11.6. The van der Waals surface area contributed by atoms with E-state index < -0.39 is 0 Å². The Balaban J connectivity index is 2.04. The van der Waals surface area contributed by atoms with Gasteiger partial charge >= 0.3 is 5.97 Å². The molecule has 2 saturated carbocycles. The topological polar surface area (TPSA) is 26.3 Å². The summed E-state index contributed by atoms with van der Waals surface area (Å²) in [7, 11) is 1.50. The Hall–Kier alpha value is -0.0500. The first-order chi connectivity index (χ1) is 7.24. The highest BCUT2D eigenvalue weighted by Crippen LogP contribution is 2.46. The molecule has 2 rings (SSSR count). The second-order valence-corrected chi connectivity index (χ2v) is 5.92. The van der Waals surface area contributed by atoms with Crippen molar-refractivity contribution >= 4 is 21.9 Å². The Labute approximate surface area is 99.9 Å². The summed E-state index contributed by atoms with van der Waals surface area (Å²) < 4.78 is 4.87. The zero-order valence-electron chi connectivity index (χ0n) is 9.25. The molecule has 0 aliphatic heterocycles. The molecule has 2 fully saturated rings. The maximum Gasteiger partial charge on any atom is 0.309 e. The fourth-order valence-corrected chi connectivity index (χ4v) is 4.44. The largest absolute Gasteiger partial charge is 0.469 e. The number of hydrogen-bond acceptors (Lipinski definition) is 2. The van der Waals surface area contributed by atoms with Crippen LogP contribution in [0, 0.1) is 17.8 Å². The molecular weight excluding hydrogens is 256 g/mol. The number of alkyl halides is 1. The molecule has 0 radical (unpaired) electrons. The summed E-state index contributed by atoms with van der Waals surface area (Å²) in [6, 6.07) is 0. The molecule has 3 heteroatoms. The van der Waals surface area contributed by atoms with E-state index in [0.29, 0.717) is 10.7 Å². The SMILES string of the molecule is COC(=O)[C@@H]1CC[C@@H]2CCCC[C@@H]2[C@H]1Br. The van der Waals surface area contributed by atoms with Crippen LogP contribution in [0.25, 0.3) is 0 Å². The van der Waals surface area contributed by atoms with Crippen LogP contribution >= 0.6 is 15.9 Å². The van der Waals surface area contributed by atoms with Crippen molar-refractivity contribution in [2.45, 2.75) is 43.4 Å². The van der Waals surface area contributed by atoms with Crippen LogP contribution in [-0.2, 0) is 9.53 Å². The van der Waals surface area contributed by atoms with Crippen LogP contribution in [-0.4, -0.2) is 17.9 Å². The Bertz CT molecular complexity index is 242. The first-order valence-electron chi connectivity index (χ1n) is 5.96. The summed E-state index contributed by atoms with van der Waals surface area (Å²) in [5.74, 6) is 1.62. The van der Waals surface area contributed by atoms with Crippen LogP contribution in [0.1, 0.15) is 38.5 Å². The van der Waals surface area contributed by atoms with Crippen molar-refractivity contribution in [2.75, 3.05) is 7.11 Å². The molecule has 0 spiro atoms. The lowest BCUT2D eigenvalue weighted by Crippen LogP contribution is -2.40. The molecule has 2 nitrogen and oxygen atoms in total. The predicted molar refractivity (Wildman–Crippen MR) is 62.9 cm³/mol. The summed E-state index contributed by atoms with van der Waals surface area (Å²) in [5.41, 5.74) is 0. The van der Waals surface area contributed by atoms with Gasteiger partial charge in [-0.25, -0.2) is 0 Å². The van der Waals surface area contributed by atoms with E-state index in [0.717, 1.165) is 12.3 Å². The van der Waals surface area contributed by atoms with Crippen molar-refractivity contribution in [3.63, 3.8) is 0 Å². The fourth-order valence-electron chi connectivity index (χ4n) is 3.26. The standard InChI is InChI=1S/C12H19BrO2/c1-15-12(14)10-7-6-8-4-2-3-5-9(8)11(10)13/h8-11H,2-7H2,1H3/t8-,9-,10+,11+/m0/s1. The van der Waals surface area contributed by atoms with Gasteiger partial charge in [0.05, 0.1) is 13.0 Å². The molecule has 0 saturated heterocycles. The number of esters is 1. The Morgan fingerprint density at radius 2 is 1.93 bits per heavy atom. The highest BCUT2D eigenvalue weighted by molar-refractivity contribution is 9.09. The van der Waals surface area contributed by atoms with Gasteiger partial charge < -0.3 is 4.74 Å². The number of rotatable bonds is 1. The smallest absolute Gasteiger partial charge is 0.309 e. The molecule has 0 aromatic carbocycles. The van der Waals surface area contributed by atoms with Gasteiger partial charge in [-0.05, 0) is 31.1 Å². The van der Waals surface area contributed by atoms with Gasteiger partial charge in [-0.15, -0.1) is 0 Å². The van der Waals surface area contributed by atoms with Crippen LogP contribution in [0.5, 0.6) is 0 Å². The van der Waals surface area contributed by atoms with Gasteiger partial charge in [0.2, 0.25) is 0 Å². The van der Waals surface area contributed by atoms with E-state index in [9.17, 15) is 4.79 Å². The lowest BCUT2D eigenvalue weighted by Gasteiger charge is -2.42. The van der Waals surface area contributed by atoms with Crippen LogP contribution in [0.2, 0.25) is 0 Å². The Morgan fingerprint density at radius 1 is 1.20 bits per heavy atom. The summed E-state index contributed by atoms with van der Waals surface area (Å²) >= 11 is 3.74. The minimum absolute atomic E-state index is 0.0269. The highest BCUT2D eigenvalue weighted by Gasteiger charge is 2.42. The third-order valence-electron chi connectivity index (χ3n) is 4.11. The average Bonchev–Trinajstić information content (AvgIpc) is 2.29. The second-order valence-electron chi connectivity index (χ2n) is 4.86. The highest BCUT2D eigenvalue weighted by atomic mass is 79.9. The molecular formula is C12H19BrO2. The Morgan fingerprint density at radius 3 is 2.67 bits per heavy atom.